The highest BCUT2D eigenvalue weighted by atomic mass is 32.2. The topological polar surface area (TPSA) is 84.4 Å². The molecule has 2 aromatic heterocycles. The Bertz CT molecular complexity index is 1300. The summed E-state index contributed by atoms with van der Waals surface area (Å²) in [5.41, 5.74) is 2.76. The van der Waals surface area contributed by atoms with Crippen LogP contribution in [0.2, 0.25) is 0 Å². The minimum absolute atomic E-state index is 0.273. The van der Waals surface area contributed by atoms with Crippen molar-refractivity contribution in [1.29, 1.82) is 0 Å². The number of hydrogen-bond acceptors (Lipinski definition) is 7. The SMILES string of the molecule is O=S(=O)(c1ccc(Nc2ncnc3cc(-c4ccccc4)sc23)cc1)N1CCOCC1. The fourth-order valence-corrected chi connectivity index (χ4v) is 5.94. The molecule has 31 heavy (non-hydrogen) atoms. The molecule has 0 bridgehead atoms. The van der Waals surface area contributed by atoms with Gasteiger partial charge in [-0.15, -0.1) is 11.3 Å². The van der Waals surface area contributed by atoms with Gasteiger partial charge < -0.3 is 10.1 Å². The normalized spacial score (nSPS) is 15.2. The lowest BCUT2D eigenvalue weighted by Crippen LogP contribution is -2.40. The van der Waals surface area contributed by atoms with Crippen molar-refractivity contribution in [3.8, 4) is 10.4 Å². The molecule has 3 heterocycles. The average molecular weight is 453 g/mol. The Morgan fingerprint density at radius 1 is 0.968 bits per heavy atom. The predicted molar refractivity (Wildman–Crippen MR) is 122 cm³/mol. The first-order chi connectivity index (χ1) is 15.1. The van der Waals surface area contributed by atoms with Gasteiger partial charge in [0, 0.05) is 23.7 Å². The van der Waals surface area contributed by atoms with E-state index in [9.17, 15) is 8.42 Å². The number of benzene rings is 2. The first-order valence-corrected chi connectivity index (χ1v) is 12.1. The third-order valence-electron chi connectivity index (χ3n) is 5.09. The maximum Gasteiger partial charge on any atom is 0.243 e. The summed E-state index contributed by atoms with van der Waals surface area (Å²) in [6, 6.07) is 19.0. The van der Waals surface area contributed by atoms with Gasteiger partial charge in [0.15, 0.2) is 5.82 Å². The molecule has 1 fully saturated rings. The van der Waals surface area contributed by atoms with Crippen LogP contribution >= 0.6 is 11.3 Å². The van der Waals surface area contributed by atoms with Crippen LogP contribution in [0.25, 0.3) is 20.7 Å². The third-order valence-corrected chi connectivity index (χ3v) is 8.19. The molecular weight excluding hydrogens is 432 g/mol. The van der Waals surface area contributed by atoms with Gasteiger partial charge >= 0.3 is 0 Å². The van der Waals surface area contributed by atoms with E-state index in [-0.39, 0.29) is 4.90 Å². The summed E-state index contributed by atoms with van der Waals surface area (Å²) in [6.45, 7) is 1.61. The molecular formula is C22H20N4O3S2. The molecule has 0 spiro atoms. The van der Waals surface area contributed by atoms with Crippen molar-refractivity contribution in [2.24, 2.45) is 0 Å². The highest BCUT2D eigenvalue weighted by Gasteiger charge is 2.26. The van der Waals surface area contributed by atoms with Crippen molar-refractivity contribution in [2.45, 2.75) is 4.90 Å². The van der Waals surface area contributed by atoms with Gasteiger partial charge in [0.25, 0.3) is 0 Å². The molecule has 0 aliphatic carbocycles. The second-order valence-electron chi connectivity index (χ2n) is 7.08. The molecule has 0 radical (unpaired) electrons. The Morgan fingerprint density at radius 3 is 2.45 bits per heavy atom. The van der Waals surface area contributed by atoms with Crippen molar-refractivity contribution in [3.05, 3.63) is 67.0 Å². The molecule has 1 aliphatic heterocycles. The van der Waals surface area contributed by atoms with Gasteiger partial charge in [-0.3, -0.25) is 0 Å². The average Bonchev–Trinajstić information content (AvgIpc) is 3.26. The van der Waals surface area contributed by atoms with Crippen LogP contribution in [0.3, 0.4) is 0 Å². The number of fused-ring (bicyclic) bond motifs is 1. The van der Waals surface area contributed by atoms with E-state index < -0.39 is 10.0 Å². The lowest BCUT2D eigenvalue weighted by molar-refractivity contribution is 0.0730. The number of morpholine rings is 1. The Balaban J connectivity index is 1.40. The number of anilines is 2. The van der Waals surface area contributed by atoms with E-state index in [0.29, 0.717) is 32.1 Å². The Labute approximate surface area is 184 Å². The van der Waals surface area contributed by atoms with Crippen LogP contribution in [-0.4, -0.2) is 49.0 Å². The number of rotatable bonds is 5. The monoisotopic (exact) mass is 452 g/mol. The van der Waals surface area contributed by atoms with E-state index in [4.69, 9.17) is 4.74 Å². The number of sulfonamides is 1. The number of aromatic nitrogens is 2. The van der Waals surface area contributed by atoms with E-state index in [1.807, 2.05) is 18.2 Å². The van der Waals surface area contributed by atoms with Crippen LogP contribution in [0.1, 0.15) is 0 Å². The van der Waals surface area contributed by atoms with Gasteiger partial charge in [0.2, 0.25) is 10.0 Å². The van der Waals surface area contributed by atoms with E-state index in [0.717, 1.165) is 26.3 Å². The smallest absolute Gasteiger partial charge is 0.243 e. The Kier molecular flexibility index (Phi) is 5.41. The second-order valence-corrected chi connectivity index (χ2v) is 10.1. The minimum Gasteiger partial charge on any atom is -0.379 e. The molecule has 5 rings (SSSR count). The van der Waals surface area contributed by atoms with Gasteiger partial charge in [-0.2, -0.15) is 4.31 Å². The Hall–Kier alpha value is -2.85. The number of hydrogen-bond donors (Lipinski definition) is 1. The van der Waals surface area contributed by atoms with Gasteiger partial charge in [-0.1, -0.05) is 30.3 Å². The van der Waals surface area contributed by atoms with Crippen LogP contribution in [0, 0.1) is 0 Å². The van der Waals surface area contributed by atoms with Gasteiger partial charge in [-0.25, -0.2) is 18.4 Å². The first kappa shape index (κ1) is 20.1. The van der Waals surface area contributed by atoms with Crippen LogP contribution in [0.4, 0.5) is 11.5 Å². The van der Waals surface area contributed by atoms with Gasteiger partial charge in [0.05, 0.1) is 28.3 Å². The molecule has 2 aromatic carbocycles. The molecule has 7 nitrogen and oxygen atoms in total. The predicted octanol–water partition coefficient (Wildman–Crippen LogP) is 4.12. The quantitative estimate of drug-likeness (QED) is 0.490. The zero-order valence-electron chi connectivity index (χ0n) is 16.6. The number of thiophene rings is 1. The third kappa shape index (κ3) is 4.05. The van der Waals surface area contributed by atoms with Crippen LogP contribution < -0.4 is 5.32 Å². The molecule has 0 unspecified atom stereocenters. The fraction of sp³-hybridized carbons (Fsp3) is 0.182. The molecule has 1 aliphatic rings. The summed E-state index contributed by atoms with van der Waals surface area (Å²) >= 11 is 1.62. The summed E-state index contributed by atoms with van der Waals surface area (Å²) in [7, 11) is -3.51. The van der Waals surface area contributed by atoms with Crippen molar-refractivity contribution in [3.63, 3.8) is 0 Å². The van der Waals surface area contributed by atoms with Crippen molar-refractivity contribution >= 4 is 43.1 Å². The summed E-state index contributed by atoms with van der Waals surface area (Å²) in [6.07, 6.45) is 1.53. The summed E-state index contributed by atoms with van der Waals surface area (Å²) in [5.74, 6) is 0.695. The van der Waals surface area contributed by atoms with Crippen LogP contribution in [0.15, 0.2) is 71.9 Å². The lowest BCUT2D eigenvalue weighted by atomic mass is 10.2. The molecule has 0 amide bonds. The highest BCUT2D eigenvalue weighted by molar-refractivity contribution is 7.89. The van der Waals surface area contributed by atoms with E-state index in [1.54, 1.807) is 35.6 Å². The molecule has 158 valence electrons. The van der Waals surface area contributed by atoms with Gasteiger partial charge in [-0.05, 0) is 35.9 Å². The van der Waals surface area contributed by atoms with Crippen molar-refractivity contribution in [2.75, 3.05) is 31.6 Å². The fourth-order valence-electron chi connectivity index (χ4n) is 3.47. The summed E-state index contributed by atoms with van der Waals surface area (Å²) in [4.78, 5) is 10.2. The van der Waals surface area contributed by atoms with Crippen molar-refractivity contribution in [1.82, 2.24) is 14.3 Å². The molecule has 1 saturated heterocycles. The highest BCUT2D eigenvalue weighted by Crippen LogP contribution is 2.36. The van der Waals surface area contributed by atoms with E-state index in [1.165, 1.54) is 10.6 Å². The number of ether oxygens (including phenoxy) is 1. The molecule has 9 heteroatoms. The van der Waals surface area contributed by atoms with E-state index in [2.05, 4.69) is 33.5 Å². The first-order valence-electron chi connectivity index (χ1n) is 9.86. The zero-order chi connectivity index (χ0) is 21.3. The van der Waals surface area contributed by atoms with Crippen LogP contribution in [0.5, 0.6) is 0 Å². The zero-order valence-corrected chi connectivity index (χ0v) is 18.2. The maximum absolute atomic E-state index is 12.8. The van der Waals surface area contributed by atoms with E-state index >= 15 is 0 Å². The number of nitrogens with zero attached hydrogens (tertiary/aromatic N) is 3. The number of nitrogens with one attached hydrogen (secondary N) is 1. The largest absolute Gasteiger partial charge is 0.379 e. The molecule has 1 N–H and O–H groups in total. The van der Waals surface area contributed by atoms with Crippen LogP contribution in [-0.2, 0) is 14.8 Å². The summed E-state index contributed by atoms with van der Waals surface area (Å²) < 4.78 is 33.3. The van der Waals surface area contributed by atoms with Gasteiger partial charge in [0.1, 0.15) is 6.33 Å². The molecule has 4 aromatic rings. The molecule has 0 saturated carbocycles. The minimum atomic E-state index is -3.51. The van der Waals surface area contributed by atoms with Crippen molar-refractivity contribution < 1.29 is 13.2 Å². The standard InChI is InChI=1S/C22H20N4O3S2/c27-31(28,26-10-12-29-13-11-26)18-8-6-17(7-9-18)25-22-21-19(23-15-24-22)14-20(30-21)16-4-2-1-3-5-16/h1-9,14-15H,10-13H2,(H,23,24,25). The maximum atomic E-state index is 12.8. The second kappa shape index (κ2) is 8.35. The summed E-state index contributed by atoms with van der Waals surface area (Å²) in [5, 5.41) is 3.30. The lowest BCUT2D eigenvalue weighted by Gasteiger charge is -2.26. The Morgan fingerprint density at radius 2 is 1.71 bits per heavy atom. The molecule has 0 atom stereocenters.